The van der Waals surface area contributed by atoms with Crippen LogP contribution in [-0.2, 0) is 16.1 Å². The lowest BCUT2D eigenvalue weighted by Gasteiger charge is -2.31. The molecule has 0 fully saturated rings. The number of carboxylic acid groups (broad SMARTS) is 1. The third kappa shape index (κ3) is 2.89. The Bertz CT molecular complexity index is 676. The molecule has 1 aromatic heterocycles. The van der Waals surface area contributed by atoms with Crippen molar-refractivity contribution >= 4 is 22.9 Å². The normalized spacial score (nSPS) is 11.6. The molecule has 2 rings (SSSR count). The molecule has 0 saturated heterocycles. The van der Waals surface area contributed by atoms with Crippen LogP contribution in [0.15, 0.2) is 30.6 Å². The van der Waals surface area contributed by atoms with Gasteiger partial charge in [0, 0.05) is 20.0 Å². The van der Waals surface area contributed by atoms with Gasteiger partial charge in [-0.05, 0) is 26.0 Å². The molecule has 1 aromatic carbocycles. The average Bonchev–Trinajstić information content (AvgIpc) is 2.87. The van der Waals surface area contributed by atoms with Crippen molar-refractivity contribution in [1.29, 1.82) is 0 Å². The highest BCUT2D eigenvalue weighted by atomic mass is 16.4. The first-order valence-electron chi connectivity index (χ1n) is 6.74. The van der Waals surface area contributed by atoms with Gasteiger partial charge in [0.25, 0.3) is 0 Å². The number of carbonyl (C=O) groups excluding carboxylic acids is 1. The van der Waals surface area contributed by atoms with E-state index in [1.165, 1.54) is 25.8 Å². The predicted octanol–water partition coefficient (Wildman–Crippen LogP) is 1.75. The van der Waals surface area contributed by atoms with Crippen molar-refractivity contribution in [3.63, 3.8) is 0 Å². The Labute approximate surface area is 123 Å². The number of nitrogens with zero attached hydrogens (tertiary/aromatic N) is 3. The maximum atomic E-state index is 12.2. The molecule has 0 spiro atoms. The molecule has 0 bridgehead atoms. The number of carbonyl (C=O) groups is 2. The van der Waals surface area contributed by atoms with E-state index in [2.05, 4.69) is 4.98 Å². The zero-order valence-electron chi connectivity index (χ0n) is 12.4. The molecule has 0 atom stereocenters. The molecular formula is C15H19N3O3. The third-order valence-electron chi connectivity index (χ3n) is 3.83. The number of para-hydroxylation sites is 2. The van der Waals surface area contributed by atoms with Crippen molar-refractivity contribution in [2.24, 2.45) is 0 Å². The topological polar surface area (TPSA) is 75.4 Å². The molecule has 6 nitrogen and oxygen atoms in total. The average molecular weight is 289 g/mol. The molecule has 1 N–H and O–H groups in total. The number of amides is 1. The Morgan fingerprint density at radius 3 is 2.67 bits per heavy atom. The minimum atomic E-state index is -1.21. The second-order valence-corrected chi connectivity index (χ2v) is 5.49. The molecule has 2 aromatic rings. The highest BCUT2D eigenvalue weighted by Crippen LogP contribution is 2.16. The zero-order valence-corrected chi connectivity index (χ0v) is 12.4. The first kappa shape index (κ1) is 15.0. The molecular weight excluding hydrogens is 270 g/mol. The number of likely N-dealkylation sites (N-methyl/N-ethyl adjacent to an activating group) is 1. The van der Waals surface area contributed by atoms with E-state index in [0.29, 0.717) is 6.54 Å². The lowest BCUT2D eigenvalue weighted by molar-refractivity contribution is -0.155. The van der Waals surface area contributed by atoms with E-state index in [1.807, 2.05) is 28.8 Å². The summed E-state index contributed by atoms with van der Waals surface area (Å²) in [5.74, 6) is -1.23. The van der Waals surface area contributed by atoms with Gasteiger partial charge in [-0.25, -0.2) is 9.78 Å². The van der Waals surface area contributed by atoms with Crippen LogP contribution in [0.1, 0.15) is 20.3 Å². The zero-order chi connectivity index (χ0) is 15.6. The van der Waals surface area contributed by atoms with Crippen LogP contribution in [-0.4, -0.2) is 44.0 Å². The number of fused-ring (bicyclic) bond motifs is 1. The number of hydrogen-bond acceptors (Lipinski definition) is 3. The molecule has 21 heavy (non-hydrogen) atoms. The maximum absolute atomic E-state index is 12.2. The third-order valence-corrected chi connectivity index (χ3v) is 3.83. The van der Waals surface area contributed by atoms with E-state index in [-0.39, 0.29) is 12.3 Å². The van der Waals surface area contributed by atoms with E-state index in [1.54, 1.807) is 6.33 Å². The summed E-state index contributed by atoms with van der Waals surface area (Å²) in [5.41, 5.74) is 0.628. The largest absolute Gasteiger partial charge is 0.480 e. The van der Waals surface area contributed by atoms with Crippen LogP contribution < -0.4 is 0 Å². The van der Waals surface area contributed by atoms with Crippen molar-refractivity contribution in [2.75, 3.05) is 7.05 Å². The summed E-state index contributed by atoms with van der Waals surface area (Å²) in [6.45, 7) is 3.50. The van der Waals surface area contributed by atoms with Gasteiger partial charge in [-0.15, -0.1) is 0 Å². The number of imidazole rings is 1. The van der Waals surface area contributed by atoms with Crippen LogP contribution in [0.3, 0.4) is 0 Å². The number of aryl methyl sites for hydroxylation is 1. The Morgan fingerprint density at radius 1 is 1.33 bits per heavy atom. The van der Waals surface area contributed by atoms with Crippen LogP contribution >= 0.6 is 0 Å². The molecule has 0 saturated carbocycles. The van der Waals surface area contributed by atoms with Crippen molar-refractivity contribution < 1.29 is 14.7 Å². The Hall–Kier alpha value is -2.37. The number of carboxylic acids is 1. The lowest BCUT2D eigenvalue weighted by Crippen LogP contribution is -2.50. The quantitative estimate of drug-likeness (QED) is 0.910. The van der Waals surface area contributed by atoms with Crippen molar-refractivity contribution in [3.05, 3.63) is 30.6 Å². The van der Waals surface area contributed by atoms with Crippen molar-refractivity contribution in [3.8, 4) is 0 Å². The highest BCUT2D eigenvalue weighted by molar-refractivity contribution is 5.86. The molecule has 1 amide bonds. The molecule has 0 radical (unpaired) electrons. The Morgan fingerprint density at radius 2 is 2.00 bits per heavy atom. The molecule has 0 aliphatic rings. The van der Waals surface area contributed by atoms with E-state index in [0.717, 1.165) is 11.0 Å². The van der Waals surface area contributed by atoms with E-state index in [4.69, 9.17) is 5.11 Å². The first-order chi connectivity index (χ1) is 9.84. The van der Waals surface area contributed by atoms with E-state index < -0.39 is 11.5 Å². The smallest absolute Gasteiger partial charge is 0.329 e. The van der Waals surface area contributed by atoms with Crippen molar-refractivity contribution in [1.82, 2.24) is 14.5 Å². The Balaban J connectivity index is 2.06. The van der Waals surface area contributed by atoms with Crippen LogP contribution in [0.4, 0.5) is 0 Å². The molecule has 1 heterocycles. The van der Waals surface area contributed by atoms with Crippen LogP contribution in [0, 0.1) is 0 Å². The van der Waals surface area contributed by atoms with Gasteiger partial charge in [0.05, 0.1) is 17.4 Å². The van der Waals surface area contributed by atoms with Crippen molar-refractivity contribution in [2.45, 2.75) is 32.4 Å². The van der Waals surface area contributed by atoms with E-state index >= 15 is 0 Å². The minimum Gasteiger partial charge on any atom is -0.480 e. The predicted molar refractivity (Wildman–Crippen MR) is 78.8 cm³/mol. The summed E-state index contributed by atoms with van der Waals surface area (Å²) >= 11 is 0. The van der Waals surface area contributed by atoms with Gasteiger partial charge in [-0.1, -0.05) is 12.1 Å². The number of hydrogen-bond donors (Lipinski definition) is 1. The molecule has 112 valence electrons. The second kappa shape index (κ2) is 5.55. The summed E-state index contributed by atoms with van der Waals surface area (Å²) in [6, 6.07) is 7.68. The number of aliphatic carboxylic acids is 1. The van der Waals surface area contributed by atoms with E-state index in [9.17, 15) is 9.59 Å². The fraction of sp³-hybridized carbons (Fsp3) is 0.400. The lowest BCUT2D eigenvalue weighted by atomic mass is 10.0. The number of aromatic nitrogens is 2. The standard InChI is InChI=1S/C15H19N3O3/c1-15(2,14(20)21)17(3)13(19)8-9-18-10-16-11-6-4-5-7-12(11)18/h4-7,10H,8-9H2,1-3H3,(H,20,21). The van der Waals surface area contributed by atoms with Crippen LogP contribution in [0.2, 0.25) is 0 Å². The number of rotatable bonds is 5. The highest BCUT2D eigenvalue weighted by Gasteiger charge is 2.34. The van der Waals surface area contributed by atoms with Gasteiger partial charge >= 0.3 is 5.97 Å². The van der Waals surface area contributed by atoms with Gasteiger partial charge < -0.3 is 14.6 Å². The molecule has 0 aliphatic heterocycles. The Kier molecular flexibility index (Phi) is 3.97. The molecule has 0 aliphatic carbocycles. The van der Waals surface area contributed by atoms with Gasteiger partial charge in [0.1, 0.15) is 5.54 Å². The fourth-order valence-corrected chi connectivity index (χ4v) is 2.03. The van der Waals surface area contributed by atoms with Crippen LogP contribution in [0.5, 0.6) is 0 Å². The van der Waals surface area contributed by atoms with Gasteiger partial charge in [-0.3, -0.25) is 4.79 Å². The number of benzene rings is 1. The van der Waals surface area contributed by atoms with Crippen LogP contribution in [0.25, 0.3) is 11.0 Å². The summed E-state index contributed by atoms with van der Waals surface area (Å²) in [5, 5.41) is 9.14. The molecule has 0 unspecified atom stereocenters. The summed E-state index contributed by atoms with van der Waals surface area (Å²) in [7, 11) is 1.52. The summed E-state index contributed by atoms with van der Waals surface area (Å²) < 4.78 is 1.90. The molecule has 6 heteroatoms. The minimum absolute atomic E-state index is 0.208. The summed E-state index contributed by atoms with van der Waals surface area (Å²) in [4.78, 5) is 28.9. The monoisotopic (exact) mass is 289 g/mol. The second-order valence-electron chi connectivity index (χ2n) is 5.49. The maximum Gasteiger partial charge on any atom is 0.329 e. The SMILES string of the molecule is CN(C(=O)CCn1cnc2ccccc21)C(C)(C)C(=O)O. The van der Waals surface area contributed by atoms with Gasteiger partial charge in [0.15, 0.2) is 0 Å². The summed E-state index contributed by atoms with van der Waals surface area (Å²) in [6.07, 6.45) is 1.92. The fourth-order valence-electron chi connectivity index (χ4n) is 2.03. The first-order valence-corrected chi connectivity index (χ1v) is 6.74. The van der Waals surface area contributed by atoms with Gasteiger partial charge in [0.2, 0.25) is 5.91 Å². The van der Waals surface area contributed by atoms with Gasteiger partial charge in [-0.2, -0.15) is 0 Å².